The average Bonchev–Trinajstić information content (AvgIpc) is 2.70. The summed E-state index contributed by atoms with van der Waals surface area (Å²) >= 11 is 0. The maximum absolute atomic E-state index is 12.2. The van der Waals surface area contributed by atoms with Crippen LogP contribution in [0.3, 0.4) is 0 Å². The highest BCUT2D eigenvalue weighted by Gasteiger charge is 2.26. The van der Waals surface area contributed by atoms with Gasteiger partial charge in [-0.25, -0.2) is 0 Å². The lowest BCUT2D eigenvalue weighted by Crippen LogP contribution is -2.40. The van der Waals surface area contributed by atoms with Gasteiger partial charge in [0.2, 0.25) is 5.91 Å². The van der Waals surface area contributed by atoms with Gasteiger partial charge in [0.15, 0.2) is 5.76 Å². The zero-order chi connectivity index (χ0) is 13.1. The number of amides is 1. The molecule has 2 N–H and O–H groups in total. The lowest BCUT2D eigenvalue weighted by molar-refractivity contribution is -0.120. The number of aromatic nitrogens is 1. The van der Waals surface area contributed by atoms with Gasteiger partial charge in [-0.1, -0.05) is 12.1 Å². The number of hydrogen-bond donors (Lipinski definition) is 2. The van der Waals surface area contributed by atoms with Crippen LogP contribution in [-0.4, -0.2) is 23.7 Å². The second-order valence-corrected chi connectivity index (χ2v) is 4.99. The molecule has 5 nitrogen and oxygen atoms in total. The van der Waals surface area contributed by atoms with Crippen LogP contribution in [0.4, 0.5) is 5.69 Å². The van der Waals surface area contributed by atoms with E-state index in [1.165, 1.54) is 0 Å². The molecule has 1 aliphatic rings. The fourth-order valence-corrected chi connectivity index (χ4v) is 2.41. The molecule has 0 aromatic carbocycles. The Bertz CT molecular complexity index is 428. The van der Waals surface area contributed by atoms with Crippen molar-refractivity contribution in [2.45, 2.75) is 46.1 Å². The van der Waals surface area contributed by atoms with Gasteiger partial charge in [-0.05, 0) is 33.2 Å². The van der Waals surface area contributed by atoms with Crippen LogP contribution in [0.1, 0.15) is 38.1 Å². The van der Waals surface area contributed by atoms with Crippen LogP contribution in [-0.2, 0) is 11.2 Å². The minimum atomic E-state index is 0.0836. The molecule has 100 valence electrons. The van der Waals surface area contributed by atoms with Gasteiger partial charge < -0.3 is 15.2 Å². The number of carbonyl (C=O) groups excluding carboxylic acids is 1. The van der Waals surface area contributed by atoms with Crippen molar-refractivity contribution < 1.29 is 9.32 Å². The van der Waals surface area contributed by atoms with Gasteiger partial charge in [0.25, 0.3) is 0 Å². The molecule has 0 saturated carbocycles. The smallest absolute Gasteiger partial charge is 0.227 e. The molecular weight excluding hydrogens is 230 g/mol. The summed E-state index contributed by atoms with van der Waals surface area (Å²) in [7, 11) is 0. The van der Waals surface area contributed by atoms with Gasteiger partial charge in [-0.15, -0.1) is 0 Å². The van der Waals surface area contributed by atoms with Crippen LogP contribution in [0.2, 0.25) is 0 Å². The second-order valence-electron chi connectivity index (χ2n) is 4.99. The van der Waals surface area contributed by atoms with Gasteiger partial charge in [0.1, 0.15) is 11.4 Å². The van der Waals surface area contributed by atoms with Gasteiger partial charge in [0, 0.05) is 18.4 Å². The molecule has 2 heterocycles. The number of nitrogens with zero attached hydrogens (tertiary/aromatic N) is 1. The molecule has 0 spiro atoms. The molecule has 1 aliphatic heterocycles. The minimum Gasteiger partial charge on any atom is -0.359 e. The molecule has 1 fully saturated rings. The number of hydrogen-bond acceptors (Lipinski definition) is 4. The Labute approximate surface area is 107 Å². The van der Waals surface area contributed by atoms with Gasteiger partial charge in [-0.3, -0.25) is 4.79 Å². The fraction of sp³-hybridized carbons (Fsp3) is 0.692. The fourth-order valence-electron chi connectivity index (χ4n) is 2.41. The molecule has 2 rings (SSSR count). The van der Waals surface area contributed by atoms with Crippen molar-refractivity contribution in [3.8, 4) is 0 Å². The highest BCUT2D eigenvalue weighted by atomic mass is 16.5. The van der Waals surface area contributed by atoms with Crippen LogP contribution in [0, 0.1) is 12.8 Å². The summed E-state index contributed by atoms with van der Waals surface area (Å²) in [4.78, 5) is 12.2. The van der Waals surface area contributed by atoms with Crippen molar-refractivity contribution in [1.82, 2.24) is 10.5 Å². The summed E-state index contributed by atoms with van der Waals surface area (Å²) in [6.07, 6.45) is 2.51. The van der Waals surface area contributed by atoms with Crippen molar-refractivity contribution in [3.63, 3.8) is 0 Å². The summed E-state index contributed by atoms with van der Waals surface area (Å²) in [5.41, 5.74) is 1.51. The quantitative estimate of drug-likeness (QED) is 0.860. The van der Waals surface area contributed by atoms with E-state index in [9.17, 15) is 4.79 Å². The SMILES string of the molecule is CCc1onc(C)c1NC(=O)[C@H]1CCN[C@@H](C)C1. The van der Waals surface area contributed by atoms with Crippen LogP contribution >= 0.6 is 0 Å². The number of piperidine rings is 1. The second kappa shape index (κ2) is 5.52. The van der Waals surface area contributed by atoms with E-state index in [0.29, 0.717) is 6.04 Å². The first-order valence-corrected chi connectivity index (χ1v) is 6.61. The molecule has 1 aromatic heterocycles. The van der Waals surface area contributed by atoms with E-state index in [1.807, 2.05) is 13.8 Å². The zero-order valence-corrected chi connectivity index (χ0v) is 11.2. The highest BCUT2D eigenvalue weighted by molar-refractivity contribution is 5.93. The highest BCUT2D eigenvalue weighted by Crippen LogP contribution is 2.23. The van der Waals surface area contributed by atoms with E-state index in [1.54, 1.807) is 0 Å². The van der Waals surface area contributed by atoms with Gasteiger partial charge >= 0.3 is 0 Å². The molecule has 0 bridgehead atoms. The van der Waals surface area contributed by atoms with Gasteiger partial charge in [-0.2, -0.15) is 0 Å². The Hall–Kier alpha value is -1.36. The molecule has 0 radical (unpaired) electrons. The number of nitrogens with one attached hydrogen (secondary N) is 2. The van der Waals surface area contributed by atoms with Crippen molar-refractivity contribution in [2.24, 2.45) is 5.92 Å². The summed E-state index contributed by atoms with van der Waals surface area (Å²) in [6, 6.07) is 0.406. The van der Waals surface area contributed by atoms with Crippen LogP contribution in [0.15, 0.2) is 4.52 Å². The third kappa shape index (κ3) is 2.72. The number of carbonyl (C=O) groups is 1. The lowest BCUT2D eigenvalue weighted by Gasteiger charge is -2.27. The topological polar surface area (TPSA) is 67.2 Å². The zero-order valence-electron chi connectivity index (χ0n) is 11.2. The lowest BCUT2D eigenvalue weighted by atomic mass is 9.92. The van der Waals surface area contributed by atoms with Crippen LogP contribution < -0.4 is 10.6 Å². The first kappa shape index (κ1) is 13.1. The summed E-state index contributed by atoms with van der Waals surface area (Å²) in [5, 5.41) is 10.2. The Balaban J connectivity index is 2.04. The third-order valence-electron chi connectivity index (χ3n) is 3.50. The molecule has 18 heavy (non-hydrogen) atoms. The Morgan fingerprint density at radius 1 is 1.61 bits per heavy atom. The van der Waals surface area contributed by atoms with Crippen molar-refractivity contribution in [3.05, 3.63) is 11.5 Å². The molecule has 2 atom stereocenters. The summed E-state index contributed by atoms with van der Waals surface area (Å²) < 4.78 is 5.18. The maximum Gasteiger partial charge on any atom is 0.227 e. The van der Waals surface area contributed by atoms with E-state index >= 15 is 0 Å². The van der Waals surface area contributed by atoms with E-state index in [2.05, 4.69) is 22.7 Å². The van der Waals surface area contributed by atoms with E-state index in [4.69, 9.17) is 4.52 Å². The number of aryl methyl sites for hydroxylation is 2. The number of rotatable bonds is 3. The average molecular weight is 251 g/mol. The molecule has 5 heteroatoms. The molecule has 0 unspecified atom stereocenters. The van der Waals surface area contributed by atoms with Crippen molar-refractivity contribution >= 4 is 11.6 Å². The largest absolute Gasteiger partial charge is 0.359 e. The third-order valence-corrected chi connectivity index (χ3v) is 3.50. The Kier molecular flexibility index (Phi) is 4.01. The first-order valence-electron chi connectivity index (χ1n) is 6.61. The molecule has 1 saturated heterocycles. The monoisotopic (exact) mass is 251 g/mol. The maximum atomic E-state index is 12.2. The van der Waals surface area contributed by atoms with Crippen molar-refractivity contribution in [2.75, 3.05) is 11.9 Å². The Morgan fingerprint density at radius 2 is 2.39 bits per heavy atom. The van der Waals surface area contributed by atoms with Crippen LogP contribution in [0.5, 0.6) is 0 Å². The van der Waals surface area contributed by atoms with E-state index < -0.39 is 0 Å². The predicted molar refractivity (Wildman–Crippen MR) is 69.4 cm³/mol. The van der Waals surface area contributed by atoms with Crippen LogP contribution in [0.25, 0.3) is 0 Å². The minimum absolute atomic E-state index is 0.0836. The predicted octanol–water partition coefficient (Wildman–Crippen LogP) is 1.87. The van der Waals surface area contributed by atoms with E-state index in [0.717, 1.165) is 42.9 Å². The molecular formula is C13H21N3O2. The molecule has 1 aromatic rings. The standard InChI is InChI=1S/C13H21N3O2/c1-4-11-12(9(3)16-18-11)15-13(17)10-5-6-14-8(2)7-10/h8,10,14H,4-7H2,1-3H3,(H,15,17)/t8-,10-/m0/s1. The van der Waals surface area contributed by atoms with E-state index in [-0.39, 0.29) is 11.8 Å². The summed E-state index contributed by atoms with van der Waals surface area (Å²) in [5.74, 6) is 0.924. The number of anilines is 1. The first-order chi connectivity index (χ1) is 8.61. The van der Waals surface area contributed by atoms with Crippen molar-refractivity contribution in [1.29, 1.82) is 0 Å². The Morgan fingerprint density at radius 3 is 3.06 bits per heavy atom. The van der Waals surface area contributed by atoms with Gasteiger partial charge in [0.05, 0.1) is 0 Å². The normalized spacial score (nSPS) is 23.9. The molecule has 0 aliphatic carbocycles. The summed E-state index contributed by atoms with van der Waals surface area (Å²) in [6.45, 7) is 6.86. The molecule has 1 amide bonds.